The van der Waals surface area contributed by atoms with Gasteiger partial charge in [-0.05, 0) is 81.2 Å². The lowest BCUT2D eigenvalue weighted by Gasteiger charge is -2.13. The van der Waals surface area contributed by atoms with E-state index in [4.69, 9.17) is 14.4 Å². The highest BCUT2D eigenvalue weighted by molar-refractivity contribution is 6.39. The Kier molecular flexibility index (Phi) is 6.10. The number of hydrogen-bond acceptors (Lipinski definition) is 3. The summed E-state index contributed by atoms with van der Waals surface area (Å²) in [6.45, 7) is 0. The molecule has 5 nitrogen and oxygen atoms in total. The number of fused-ring (bicyclic) bond motifs is 6. The molecule has 4 aromatic heterocycles. The molecule has 0 aliphatic heterocycles. The Morgan fingerprint density at radius 3 is 1.53 bits per heavy atom. The van der Waals surface area contributed by atoms with Gasteiger partial charge in [0.15, 0.2) is 5.82 Å². The summed E-state index contributed by atoms with van der Waals surface area (Å²) in [5, 5.41) is 10.7. The molecule has 9 aromatic carbocycles. The molecule has 264 valence electrons. The molecular weight excluding hydrogens is 697 g/mol. The molecule has 0 bridgehead atoms. The van der Waals surface area contributed by atoms with Crippen LogP contribution in [0.5, 0.6) is 0 Å². The van der Waals surface area contributed by atoms with E-state index in [-0.39, 0.29) is 0 Å². The highest BCUT2D eigenvalue weighted by Gasteiger charge is 2.27. The molecule has 0 fully saturated rings. The van der Waals surface area contributed by atoms with E-state index >= 15 is 0 Å². The molecule has 0 atom stereocenters. The number of rotatable bonds is 4. The highest BCUT2D eigenvalue weighted by Crippen LogP contribution is 2.48. The minimum Gasteiger partial charge on any atom is -0.436 e. The van der Waals surface area contributed by atoms with Crippen LogP contribution in [0, 0.1) is 0 Å². The SMILES string of the molecule is c1ccc(-c2ccc(-n3c4cccc5c6ccccc6c6cccc7c6c6c(c54)c3ccc6n7-c3nc4c(nc3-c3ccccc3)oc3ccccc34)cc2)cc1. The first-order valence-electron chi connectivity index (χ1n) is 19.3. The van der Waals surface area contributed by atoms with Crippen LogP contribution in [0.4, 0.5) is 0 Å². The Morgan fingerprint density at radius 1 is 0.351 bits per heavy atom. The highest BCUT2D eigenvalue weighted by atomic mass is 16.3. The van der Waals surface area contributed by atoms with Crippen molar-refractivity contribution in [1.29, 1.82) is 0 Å². The number of aromatic nitrogens is 4. The zero-order chi connectivity index (χ0) is 37.2. The predicted octanol–water partition coefficient (Wildman–Crippen LogP) is 13.6. The molecule has 0 N–H and O–H groups in total. The fourth-order valence-electron chi connectivity index (χ4n) is 9.50. The van der Waals surface area contributed by atoms with Crippen molar-refractivity contribution in [1.82, 2.24) is 19.1 Å². The fourth-order valence-corrected chi connectivity index (χ4v) is 9.50. The molecule has 0 radical (unpaired) electrons. The average Bonchev–Trinajstić information content (AvgIpc) is 3.93. The van der Waals surface area contributed by atoms with Gasteiger partial charge in [0.2, 0.25) is 5.71 Å². The maximum atomic E-state index is 6.34. The van der Waals surface area contributed by atoms with Crippen LogP contribution >= 0.6 is 0 Å². The van der Waals surface area contributed by atoms with Crippen LogP contribution in [-0.2, 0) is 0 Å². The third-order valence-electron chi connectivity index (χ3n) is 11.9. The van der Waals surface area contributed by atoms with E-state index in [1.54, 1.807) is 0 Å². The summed E-state index contributed by atoms with van der Waals surface area (Å²) in [7, 11) is 0. The third kappa shape index (κ3) is 4.17. The van der Waals surface area contributed by atoms with Crippen LogP contribution in [0.25, 0.3) is 121 Å². The van der Waals surface area contributed by atoms with Crippen molar-refractivity contribution in [2.75, 3.05) is 0 Å². The van der Waals surface area contributed by atoms with E-state index in [0.717, 1.165) is 55.8 Å². The Morgan fingerprint density at radius 2 is 0.860 bits per heavy atom. The zero-order valence-corrected chi connectivity index (χ0v) is 30.5. The van der Waals surface area contributed by atoms with Gasteiger partial charge in [0.1, 0.15) is 16.8 Å². The van der Waals surface area contributed by atoms with Gasteiger partial charge in [0, 0.05) is 38.2 Å². The Balaban J connectivity index is 1.22. The second-order valence-electron chi connectivity index (χ2n) is 14.9. The number of furan rings is 1. The second-order valence-corrected chi connectivity index (χ2v) is 14.9. The van der Waals surface area contributed by atoms with Crippen molar-refractivity contribution in [2.45, 2.75) is 0 Å². The molecule has 57 heavy (non-hydrogen) atoms. The lowest BCUT2D eigenvalue weighted by atomic mass is 9.95. The fraction of sp³-hybridized carbons (Fsp3) is 0. The van der Waals surface area contributed by atoms with E-state index in [1.807, 2.05) is 24.3 Å². The predicted molar refractivity (Wildman–Crippen MR) is 235 cm³/mol. The van der Waals surface area contributed by atoms with Crippen LogP contribution in [0.3, 0.4) is 0 Å². The van der Waals surface area contributed by atoms with Crippen LogP contribution in [-0.4, -0.2) is 19.1 Å². The quantitative estimate of drug-likeness (QED) is 0.181. The topological polar surface area (TPSA) is 48.8 Å². The summed E-state index contributed by atoms with van der Waals surface area (Å²) in [6.07, 6.45) is 0. The molecule has 4 heterocycles. The Hall–Kier alpha value is -7.76. The minimum absolute atomic E-state index is 0.528. The van der Waals surface area contributed by atoms with Gasteiger partial charge < -0.3 is 8.98 Å². The zero-order valence-electron chi connectivity index (χ0n) is 30.5. The lowest BCUT2D eigenvalue weighted by molar-refractivity contribution is 0.653. The van der Waals surface area contributed by atoms with Crippen LogP contribution < -0.4 is 0 Å². The molecule has 0 saturated heterocycles. The monoisotopic (exact) mass is 726 g/mol. The smallest absolute Gasteiger partial charge is 0.247 e. The third-order valence-corrected chi connectivity index (χ3v) is 11.9. The van der Waals surface area contributed by atoms with Gasteiger partial charge in [-0.15, -0.1) is 0 Å². The number of hydrogen-bond donors (Lipinski definition) is 0. The minimum atomic E-state index is 0.528. The summed E-state index contributed by atoms with van der Waals surface area (Å²) in [4.78, 5) is 10.8. The first-order chi connectivity index (χ1) is 28.3. The van der Waals surface area contributed by atoms with Crippen LogP contribution in [0.2, 0.25) is 0 Å². The standard InChI is InChI=1S/C52H30N4O/c1-3-13-31(14-4-1)32-25-27-34(28-26-32)55-40-22-11-20-37-35-17-7-8-18-36(35)38-21-12-23-41-46(38)48-43(30-29-42(55)47(48)45(37)40)56(41)51-49(33-15-5-2-6-16-33)54-52-50(53-51)39-19-9-10-24-44(39)57-52/h1-30H. The molecule has 13 aromatic rings. The molecule has 0 unspecified atom stereocenters. The van der Waals surface area contributed by atoms with E-state index in [0.29, 0.717) is 5.71 Å². The van der Waals surface area contributed by atoms with Gasteiger partial charge >= 0.3 is 0 Å². The van der Waals surface area contributed by atoms with Crippen LogP contribution in [0.15, 0.2) is 186 Å². The van der Waals surface area contributed by atoms with E-state index in [9.17, 15) is 0 Å². The van der Waals surface area contributed by atoms with E-state index in [1.165, 1.54) is 59.7 Å². The van der Waals surface area contributed by atoms with Gasteiger partial charge in [0.25, 0.3) is 0 Å². The normalized spacial score (nSPS) is 12.2. The first kappa shape index (κ1) is 30.6. The summed E-state index contributed by atoms with van der Waals surface area (Å²) in [5.41, 5.74) is 11.8. The second kappa shape index (κ2) is 11.4. The maximum Gasteiger partial charge on any atom is 0.247 e. The molecule has 5 heteroatoms. The average molecular weight is 727 g/mol. The van der Waals surface area contributed by atoms with Crippen molar-refractivity contribution in [3.05, 3.63) is 182 Å². The summed E-state index contributed by atoms with van der Waals surface area (Å²) >= 11 is 0. The lowest BCUT2D eigenvalue weighted by Crippen LogP contribution is -2.03. The van der Waals surface area contributed by atoms with Crippen molar-refractivity contribution in [2.24, 2.45) is 0 Å². The molecular formula is C52H30N4O. The van der Waals surface area contributed by atoms with E-state index < -0.39 is 0 Å². The number of benzene rings is 8. The van der Waals surface area contributed by atoms with Crippen molar-refractivity contribution < 1.29 is 4.42 Å². The summed E-state index contributed by atoms with van der Waals surface area (Å²) < 4.78 is 11.1. The maximum absolute atomic E-state index is 6.34. The summed E-state index contributed by atoms with van der Waals surface area (Å²) in [6, 6.07) is 64.9. The Bertz CT molecular complexity index is 3730. The van der Waals surface area contributed by atoms with Crippen molar-refractivity contribution in [3.63, 3.8) is 0 Å². The number of nitrogens with zero attached hydrogens (tertiary/aromatic N) is 4. The number of para-hydroxylation sites is 1. The van der Waals surface area contributed by atoms with Crippen LogP contribution in [0.1, 0.15) is 0 Å². The van der Waals surface area contributed by atoms with E-state index in [2.05, 4.69) is 167 Å². The summed E-state index contributed by atoms with van der Waals surface area (Å²) in [5.74, 6) is 0.768. The van der Waals surface area contributed by atoms with Crippen molar-refractivity contribution >= 4 is 87.4 Å². The molecule has 0 spiro atoms. The molecule has 0 amide bonds. The Labute approximate surface area is 325 Å². The van der Waals surface area contributed by atoms with Gasteiger partial charge in [-0.2, -0.15) is 0 Å². The van der Waals surface area contributed by atoms with Gasteiger partial charge in [-0.25, -0.2) is 9.97 Å². The van der Waals surface area contributed by atoms with Gasteiger partial charge in [-0.1, -0.05) is 133 Å². The molecule has 13 rings (SSSR count). The van der Waals surface area contributed by atoms with Crippen molar-refractivity contribution in [3.8, 4) is 33.9 Å². The first-order valence-corrected chi connectivity index (χ1v) is 19.3. The molecule has 0 aliphatic rings. The van der Waals surface area contributed by atoms with Gasteiger partial charge in [0.05, 0.1) is 22.1 Å². The largest absolute Gasteiger partial charge is 0.436 e. The molecule has 0 aliphatic carbocycles. The molecule has 0 saturated carbocycles. The van der Waals surface area contributed by atoms with Gasteiger partial charge in [-0.3, -0.25) is 4.57 Å².